The number of hydrogen-bond donors (Lipinski definition) is 1. The summed E-state index contributed by atoms with van der Waals surface area (Å²) in [7, 11) is 1.37. The molecule has 1 aliphatic heterocycles. The first-order valence-corrected chi connectivity index (χ1v) is 5.36. The zero-order chi connectivity index (χ0) is 12.3. The van der Waals surface area contributed by atoms with Gasteiger partial charge in [0.15, 0.2) is 6.04 Å². The quantitative estimate of drug-likeness (QED) is 0.732. The predicted molar refractivity (Wildman–Crippen MR) is 62.6 cm³/mol. The van der Waals surface area contributed by atoms with Crippen molar-refractivity contribution >= 4 is 17.5 Å². The highest BCUT2D eigenvalue weighted by atomic mass is 16.5. The molecule has 2 rings (SSSR count). The number of pyridine rings is 1. The Morgan fingerprint density at radius 2 is 2.53 bits per heavy atom. The first kappa shape index (κ1) is 11.7. The molecule has 0 aromatic carbocycles. The first-order chi connectivity index (χ1) is 8.22. The van der Waals surface area contributed by atoms with E-state index in [1.54, 1.807) is 12.3 Å². The highest BCUT2D eigenvalue weighted by Crippen LogP contribution is 2.21. The van der Waals surface area contributed by atoms with Crippen LogP contribution in [0.25, 0.3) is 0 Å². The number of aromatic nitrogens is 1. The van der Waals surface area contributed by atoms with Gasteiger partial charge in [0.25, 0.3) is 0 Å². The zero-order valence-corrected chi connectivity index (χ0v) is 9.63. The number of morpholine rings is 1. The summed E-state index contributed by atoms with van der Waals surface area (Å²) < 4.78 is 10.1. The van der Waals surface area contributed by atoms with Gasteiger partial charge in [-0.1, -0.05) is 0 Å². The van der Waals surface area contributed by atoms with Crippen LogP contribution in [0.2, 0.25) is 0 Å². The summed E-state index contributed by atoms with van der Waals surface area (Å²) in [6, 6.07) is 3.13. The highest BCUT2D eigenvalue weighted by Gasteiger charge is 2.30. The molecule has 1 aliphatic rings. The van der Waals surface area contributed by atoms with Crippen LogP contribution < -0.4 is 10.6 Å². The molecule has 1 saturated heterocycles. The maximum Gasteiger partial charge on any atom is 0.330 e. The zero-order valence-electron chi connectivity index (χ0n) is 9.63. The number of anilines is 2. The predicted octanol–water partition coefficient (Wildman–Crippen LogP) is 0.0420. The standard InChI is InChI=1S/C11H15N3O3/c1-16-11(15)9-7-17-5-4-14(9)8-2-3-13-10(12)6-8/h2-3,6,9H,4-5,7H2,1H3,(H2,12,13). The molecule has 6 heteroatoms. The number of methoxy groups -OCH3 is 1. The fraction of sp³-hybridized carbons (Fsp3) is 0.455. The monoisotopic (exact) mass is 237 g/mol. The van der Waals surface area contributed by atoms with Crippen molar-refractivity contribution in [3.8, 4) is 0 Å². The number of nitrogens with zero attached hydrogens (tertiary/aromatic N) is 2. The summed E-state index contributed by atoms with van der Waals surface area (Å²) in [5, 5.41) is 0. The lowest BCUT2D eigenvalue weighted by Crippen LogP contribution is -2.50. The number of esters is 1. The number of rotatable bonds is 2. The molecule has 1 unspecified atom stereocenters. The maximum atomic E-state index is 11.6. The van der Waals surface area contributed by atoms with E-state index in [0.29, 0.717) is 25.6 Å². The van der Waals surface area contributed by atoms with Crippen molar-refractivity contribution in [1.29, 1.82) is 0 Å². The first-order valence-electron chi connectivity index (χ1n) is 5.36. The van der Waals surface area contributed by atoms with Gasteiger partial charge in [0.1, 0.15) is 5.82 Å². The van der Waals surface area contributed by atoms with E-state index in [9.17, 15) is 4.79 Å². The lowest BCUT2D eigenvalue weighted by Gasteiger charge is -2.35. The fourth-order valence-corrected chi connectivity index (χ4v) is 1.86. The van der Waals surface area contributed by atoms with Gasteiger partial charge in [-0.15, -0.1) is 0 Å². The third-order valence-electron chi connectivity index (χ3n) is 2.70. The van der Waals surface area contributed by atoms with Crippen LogP contribution in [0, 0.1) is 0 Å². The largest absolute Gasteiger partial charge is 0.467 e. The van der Waals surface area contributed by atoms with Gasteiger partial charge in [-0.3, -0.25) is 0 Å². The van der Waals surface area contributed by atoms with Crippen LogP contribution in [0.3, 0.4) is 0 Å². The smallest absolute Gasteiger partial charge is 0.330 e. The van der Waals surface area contributed by atoms with Crippen LogP contribution in [0.4, 0.5) is 11.5 Å². The number of nitrogen functional groups attached to an aromatic ring is 1. The van der Waals surface area contributed by atoms with Gasteiger partial charge in [0.05, 0.1) is 20.3 Å². The molecule has 1 fully saturated rings. The second-order valence-corrected chi connectivity index (χ2v) is 3.75. The SMILES string of the molecule is COC(=O)C1COCCN1c1ccnc(N)c1. The second-order valence-electron chi connectivity index (χ2n) is 3.75. The normalized spacial score (nSPS) is 20.1. The van der Waals surface area contributed by atoms with Crippen LogP contribution in [0.5, 0.6) is 0 Å². The Bertz CT molecular complexity index is 411. The molecule has 0 amide bonds. The molecule has 0 radical (unpaired) electrons. The van der Waals surface area contributed by atoms with Crippen LogP contribution in [0.15, 0.2) is 18.3 Å². The molecule has 0 saturated carbocycles. The Morgan fingerprint density at radius 3 is 3.24 bits per heavy atom. The van der Waals surface area contributed by atoms with Gasteiger partial charge in [-0.2, -0.15) is 0 Å². The van der Waals surface area contributed by atoms with Gasteiger partial charge >= 0.3 is 5.97 Å². The number of ether oxygens (including phenoxy) is 2. The van der Waals surface area contributed by atoms with Gasteiger partial charge in [0.2, 0.25) is 0 Å². The van der Waals surface area contributed by atoms with E-state index in [1.807, 2.05) is 11.0 Å². The Balaban J connectivity index is 2.24. The lowest BCUT2D eigenvalue weighted by atomic mass is 10.2. The van der Waals surface area contributed by atoms with Crippen molar-refractivity contribution in [2.24, 2.45) is 0 Å². The van der Waals surface area contributed by atoms with E-state index >= 15 is 0 Å². The van der Waals surface area contributed by atoms with Gasteiger partial charge < -0.3 is 20.1 Å². The second kappa shape index (κ2) is 5.01. The Kier molecular flexibility index (Phi) is 3.43. The van der Waals surface area contributed by atoms with E-state index in [0.717, 1.165) is 5.69 Å². The van der Waals surface area contributed by atoms with E-state index in [2.05, 4.69) is 4.98 Å². The molecule has 1 aromatic rings. The summed E-state index contributed by atoms with van der Waals surface area (Å²) >= 11 is 0. The summed E-state index contributed by atoms with van der Waals surface area (Å²) in [6.45, 7) is 1.54. The fourth-order valence-electron chi connectivity index (χ4n) is 1.86. The van der Waals surface area contributed by atoms with Gasteiger partial charge in [0, 0.05) is 24.5 Å². The van der Waals surface area contributed by atoms with Gasteiger partial charge in [-0.05, 0) is 6.07 Å². The number of carbonyl (C=O) groups is 1. The summed E-state index contributed by atoms with van der Waals surface area (Å²) in [5.41, 5.74) is 6.49. The molecular weight excluding hydrogens is 222 g/mol. The topological polar surface area (TPSA) is 77.7 Å². The Labute approximate surface area is 99.3 Å². The summed E-state index contributed by atoms with van der Waals surface area (Å²) in [4.78, 5) is 17.5. The average molecular weight is 237 g/mol. The summed E-state index contributed by atoms with van der Waals surface area (Å²) in [5.74, 6) is 0.123. The number of hydrogen-bond acceptors (Lipinski definition) is 6. The summed E-state index contributed by atoms with van der Waals surface area (Å²) in [6.07, 6.45) is 1.62. The van der Waals surface area contributed by atoms with Crippen molar-refractivity contribution in [1.82, 2.24) is 4.98 Å². The van der Waals surface area contributed by atoms with Crippen molar-refractivity contribution in [2.45, 2.75) is 6.04 Å². The van der Waals surface area contributed by atoms with E-state index in [1.165, 1.54) is 7.11 Å². The van der Waals surface area contributed by atoms with Crippen LogP contribution in [-0.2, 0) is 14.3 Å². The maximum absolute atomic E-state index is 11.6. The number of carbonyl (C=O) groups excluding carboxylic acids is 1. The lowest BCUT2D eigenvalue weighted by molar-refractivity contribution is -0.144. The molecule has 17 heavy (non-hydrogen) atoms. The third-order valence-corrected chi connectivity index (χ3v) is 2.70. The molecule has 0 spiro atoms. The van der Waals surface area contributed by atoms with E-state index < -0.39 is 6.04 Å². The molecule has 1 atom stereocenters. The van der Waals surface area contributed by atoms with Gasteiger partial charge in [-0.25, -0.2) is 9.78 Å². The highest BCUT2D eigenvalue weighted by molar-refractivity contribution is 5.80. The molecular formula is C11H15N3O3. The Morgan fingerprint density at radius 1 is 1.71 bits per heavy atom. The molecule has 1 aromatic heterocycles. The van der Waals surface area contributed by atoms with Crippen LogP contribution in [0.1, 0.15) is 0 Å². The minimum absolute atomic E-state index is 0.305. The van der Waals surface area contributed by atoms with Crippen molar-refractivity contribution in [2.75, 3.05) is 37.5 Å². The molecule has 2 heterocycles. The van der Waals surface area contributed by atoms with Crippen molar-refractivity contribution in [3.63, 3.8) is 0 Å². The number of nitrogens with two attached hydrogens (primary N) is 1. The van der Waals surface area contributed by atoms with Crippen molar-refractivity contribution < 1.29 is 14.3 Å². The Hall–Kier alpha value is -1.82. The molecule has 2 N–H and O–H groups in total. The minimum atomic E-state index is -0.421. The van der Waals surface area contributed by atoms with Crippen LogP contribution in [-0.4, -0.2) is 43.9 Å². The van der Waals surface area contributed by atoms with Crippen molar-refractivity contribution in [3.05, 3.63) is 18.3 Å². The molecule has 6 nitrogen and oxygen atoms in total. The van der Waals surface area contributed by atoms with E-state index in [4.69, 9.17) is 15.2 Å². The third kappa shape index (κ3) is 2.47. The van der Waals surface area contributed by atoms with E-state index in [-0.39, 0.29) is 5.97 Å². The average Bonchev–Trinajstić information content (AvgIpc) is 2.38. The van der Waals surface area contributed by atoms with Crippen LogP contribution >= 0.6 is 0 Å². The minimum Gasteiger partial charge on any atom is -0.467 e. The molecule has 92 valence electrons. The molecule has 0 bridgehead atoms. The molecule has 0 aliphatic carbocycles.